The first-order valence-corrected chi connectivity index (χ1v) is 11.8. The largest absolute Gasteiger partial charge is 0.507 e. The second kappa shape index (κ2) is 7.80. The first kappa shape index (κ1) is 25.2. The number of hydrogen-bond acceptors (Lipinski definition) is 8. The monoisotopic (exact) mass is 484 g/mol. The molecule has 1 aromatic rings. The van der Waals surface area contributed by atoms with Crippen LogP contribution < -0.4 is 5.73 Å². The van der Waals surface area contributed by atoms with E-state index in [4.69, 9.17) is 5.73 Å². The van der Waals surface area contributed by atoms with Crippen molar-refractivity contribution in [2.24, 2.45) is 29.4 Å². The quantitative estimate of drug-likeness (QED) is 0.512. The van der Waals surface area contributed by atoms with Crippen molar-refractivity contribution in [3.63, 3.8) is 0 Å². The molecule has 35 heavy (non-hydrogen) atoms. The van der Waals surface area contributed by atoms with E-state index >= 15 is 0 Å². The minimum absolute atomic E-state index is 0.0431. The maximum Gasteiger partial charge on any atom is 0.235 e. The summed E-state index contributed by atoms with van der Waals surface area (Å²) >= 11 is 0. The van der Waals surface area contributed by atoms with Crippen molar-refractivity contribution < 1.29 is 34.2 Å². The van der Waals surface area contributed by atoms with E-state index in [1.54, 1.807) is 14.1 Å². The van der Waals surface area contributed by atoms with Crippen molar-refractivity contribution in [1.82, 2.24) is 4.90 Å². The molecule has 2 fully saturated rings. The van der Waals surface area contributed by atoms with Gasteiger partial charge in [-0.15, -0.1) is 0 Å². The lowest BCUT2D eigenvalue weighted by Crippen LogP contribution is -2.74. The number of likely N-dealkylation sites (N-methyl/N-ethyl adjacent to an activating group) is 1. The number of carbonyl (C=O) groups excluding carboxylic acids is 5. The molecule has 2 saturated carbocycles. The highest BCUT2D eigenvalue weighted by Crippen LogP contribution is 2.52. The number of rotatable bonds is 2. The van der Waals surface area contributed by atoms with E-state index in [-0.39, 0.29) is 24.2 Å². The van der Waals surface area contributed by atoms with Crippen molar-refractivity contribution in [2.75, 3.05) is 14.1 Å². The van der Waals surface area contributed by atoms with E-state index in [2.05, 4.69) is 0 Å². The van der Waals surface area contributed by atoms with Crippen LogP contribution in [0.25, 0.3) is 0 Å². The number of Topliss-reactive ketones (excluding diaryl/α,β-unsaturated/α-hetero) is 4. The summed E-state index contributed by atoms with van der Waals surface area (Å²) in [6.07, 6.45) is 0.320. The van der Waals surface area contributed by atoms with Gasteiger partial charge in [0, 0.05) is 11.5 Å². The Labute approximate surface area is 203 Å². The number of nitrogens with two attached hydrogens (primary N) is 1. The Morgan fingerprint density at radius 2 is 1.74 bits per heavy atom. The third-order valence-corrected chi connectivity index (χ3v) is 8.09. The number of hydrogen-bond donors (Lipinski definition) is 3. The molecule has 0 heterocycles. The smallest absolute Gasteiger partial charge is 0.235 e. The molecule has 6 atom stereocenters. The topological polar surface area (TPSA) is 155 Å². The lowest BCUT2D eigenvalue weighted by molar-refractivity contribution is -0.181. The molecule has 1 aromatic carbocycles. The Kier molecular flexibility index (Phi) is 5.61. The molecule has 0 spiro atoms. The van der Waals surface area contributed by atoms with Gasteiger partial charge in [-0.3, -0.25) is 28.9 Å². The van der Waals surface area contributed by atoms with Crippen molar-refractivity contribution in [3.05, 3.63) is 28.3 Å². The summed E-state index contributed by atoms with van der Waals surface area (Å²) in [5.74, 6) is -10.2. The summed E-state index contributed by atoms with van der Waals surface area (Å²) in [5.41, 5.74) is 4.18. The summed E-state index contributed by atoms with van der Waals surface area (Å²) in [4.78, 5) is 67.4. The van der Waals surface area contributed by atoms with Gasteiger partial charge in [-0.25, -0.2) is 0 Å². The third-order valence-electron chi connectivity index (χ3n) is 8.09. The van der Waals surface area contributed by atoms with Gasteiger partial charge in [0.05, 0.1) is 17.5 Å². The lowest BCUT2D eigenvalue weighted by atomic mass is 9.52. The van der Waals surface area contributed by atoms with E-state index in [9.17, 15) is 34.2 Å². The highest BCUT2D eigenvalue weighted by Gasteiger charge is 2.69. The third kappa shape index (κ3) is 3.31. The molecule has 0 bridgehead atoms. The van der Waals surface area contributed by atoms with Crippen LogP contribution in [0, 0.1) is 30.6 Å². The van der Waals surface area contributed by atoms with E-state index in [0.29, 0.717) is 11.1 Å². The van der Waals surface area contributed by atoms with E-state index in [0.717, 1.165) is 5.56 Å². The van der Waals surface area contributed by atoms with Crippen LogP contribution in [0.4, 0.5) is 0 Å². The SMILES string of the molecule is Cc1cc(C(C)(C)C)c(O)c2c1CC1CC3C(N(C)C)C(=O)C(C(N)=O)C(=O)C3(O)C(=O)C1C2=O. The molecule has 3 aliphatic carbocycles. The van der Waals surface area contributed by atoms with E-state index < -0.39 is 69.8 Å². The van der Waals surface area contributed by atoms with Crippen LogP contribution in [0.3, 0.4) is 0 Å². The molecule has 0 aromatic heterocycles. The number of ketones is 4. The zero-order chi connectivity index (χ0) is 26.4. The van der Waals surface area contributed by atoms with Crippen LogP contribution in [0.2, 0.25) is 0 Å². The predicted octanol–water partition coefficient (Wildman–Crippen LogP) is 0.473. The van der Waals surface area contributed by atoms with Gasteiger partial charge in [-0.2, -0.15) is 0 Å². The fourth-order valence-corrected chi connectivity index (χ4v) is 6.43. The average molecular weight is 485 g/mol. The lowest BCUT2D eigenvalue weighted by Gasteiger charge is -2.52. The van der Waals surface area contributed by atoms with Gasteiger partial charge >= 0.3 is 0 Å². The molecule has 4 N–H and O–H groups in total. The molecular weight excluding hydrogens is 452 g/mol. The molecule has 9 nitrogen and oxygen atoms in total. The van der Waals surface area contributed by atoms with Crippen molar-refractivity contribution in [3.8, 4) is 5.75 Å². The number of benzene rings is 1. The Morgan fingerprint density at radius 3 is 2.26 bits per heavy atom. The molecular formula is C26H32N2O7. The summed E-state index contributed by atoms with van der Waals surface area (Å²) in [5, 5.41) is 22.7. The number of aliphatic hydroxyl groups is 1. The van der Waals surface area contributed by atoms with Crippen LogP contribution in [0.15, 0.2) is 6.07 Å². The summed E-state index contributed by atoms with van der Waals surface area (Å²) in [6, 6.07) is 0.741. The number of primary amides is 1. The Balaban J connectivity index is 1.90. The number of amides is 1. The molecule has 9 heteroatoms. The van der Waals surface area contributed by atoms with Crippen molar-refractivity contribution in [1.29, 1.82) is 0 Å². The number of fused-ring (bicyclic) bond motifs is 3. The fourth-order valence-electron chi connectivity index (χ4n) is 6.43. The summed E-state index contributed by atoms with van der Waals surface area (Å²) < 4.78 is 0. The number of aryl methyl sites for hydroxylation is 1. The minimum atomic E-state index is -2.71. The van der Waals surface area contributed by atoms with Crippen LogP contribution in [0.1, 0.15) is 54.2 Å². The fraction of sp³-hybridized carbons (Fsp3) is 0.577. The Hall–Kier alpha value is -2.91. The van der Waals surface area contributed by atoms with Gasteiger partial charge in [-0.1, -0.05) is 26.8 Å². The minimum Gasteiger partial charge on any atom is -0.507 e. The van der Waals surface area contributed by atoms with Gasteiger partial charge in [0.15, 0.2) is 34.7 Å². The highest BCUT2D eigenvalue weighted by atomic mass is 16.3. The molecule has 0 saturated heterocycles. The Bertz CT molecular complexity index is 1200. The van der Waals surface area contributed by atoms with Crippen LogP contribution >= 0.6 is 0 Å². The first-order chi connectivity index (χ1) is 16.0. The van der Waals surface area contributed by atoms with Crippen molar-refractivity contribution in [2.45, 2.75) is 57.6 Å². The number of phenolic OH excluding ortho intramolecular Hbond substituents is 1. The Morgan fingerprint density at radius 1 is 1.14 bits per heavy atom. The molecule has 0 radical (unpaired) electrons. The van der Waals surface area contributed by atoms with Gasteiger partial charge in [0.25, 0.3) is 0 Å². The molecule has 4 rings (SSSR count). The van der Waals surface area contributed by atoms with Crippen LogP contribution in [-0.2, 0) is 31.0 Å². The van der Waals surface area contributed by atoms with Gasteiger partial charge < -0.3 is 15.9 Å². The average Bonchev–Trinajstić information content (AvgIpc) is 2.71. The highest BCUT2D eigenvalue weighted by molar-refractivity contribution is 6.32. The standard InChI is InChI=1S/C26H32N2O7/c1-10-7-14(25(2,3)4)19(29)16-12(10)8-11-9-13-18(28(5)6)21(31)17(24(27)34)23(33)26(13,35)22(32)15(11)20(16)30/h7,11,13,15,17-18,29,35H,8-9H2,1-6H3,(H2,27,34). The zero-order valence-electron chi connectivity index (χ0n) is 20.8. The molecule has 188 valence electrons. The molecule has 1 amide bonds. The number of aromatic hydroxyl groups is 1. The summed E-state index contributed by atoms with van der Waals surface area (Å²) in [6.45, 7) is 7.53. The van der Waals surface area contributed by atoms with Gasteiger partial charge in [0.2, 0.25) is 5.91 Å². The molecule has 3 aliphatic rings. The number of phenols is 1. The maximum atomic E-state index is 13.8. The molecule has 0 aliphatic heterocycles. The normalized spacial score (nSPS) is 32.9. The van der Waals surface area contributed by atoms with Gasteiger partial charge in [0.1, 0.15) is 5.75 Å². The van der Waals surface area contributed by atoms with Crippen LogP contribution in [0.5, 0.6) is 5.75 Å². The second-order valence-corrected chi connectivity index (χ2v) is 11.5. The maximum absolute atomic E-state index is 13.8. The summed E-state index contributed by atoms with van der Waals surface area (Å²) in [7, 11) is 3.12. The van der Waals surface area contributed by atoms with Crippen molar-refractivity contribution >= 4 is 29.0 Å². The number of nitrogens with zero attached hydrogens (tertiary/aromatic N) is 1. The van der Waals surface area contributed by atoms with E-state index in [1.165, 1.54) is 4.90 Å². The molecule has 6 unspecified atom stereocenters. The predicted molar refractivity (Wildman–Crippen MR) is 125 cm³/mol. The van der Waals surface area contributed by atoms with Crippen LogP contribution in [-0.4, -0.2) is 69.9 Å². The second-order valence-electron chi connectivity index (χ2n) is 11.5. The van der Waals surface area contributed by atoms with Gasteiger partial charge in [-0.05, 0) is 56.3 Å². The zero-order valence-corrected chi connectivity index (χ0v) is 20.8. The number of carbonyl (C=O) groups is 5. The first-order valence-electron chi connectivity index (χ1n) is 11.8. The van der Waals surface area contributed by atoms with E-state index in [1.807, 2.05) is 33.8 Å².